The van der Waals surface area contributed by atoms with Crippen molar-refractivity contribution >= 4 is 29.3 Å². The highest BCUT2D eigenvalue weighted by Crippen LogP contribution is 2.45. The molecule has 4 aliphatic rings. The number of carbonyl (C=O) groups is 3. The molecule has 16 heteroatoms. The number of alkyl halides is 6. The van der Waals surface area contributed by atoms with Crippen LogP contribution >= 0.6 is 0 Å². The van der Waals surface area contributed by atoms with Crippen molar-refractivity contribution in [1.29, 1.82) is 0 Å². The summed E-state index contributed by atoms with van der Waals surface area (Å²) in [6, 6.07) is 8.59. The predicted molar refractivity (Wildman–Crippen MR) is 171 cm³/mol. The molecule has 1 atom stereocenters. The van der Waals surface area contributed by atoms with Crippen molar-refractivity contribution in [2.45, 2.75) is 68.4 Å². The number of amides is 3. The highest BCUT2D eigenvalue weighted by molar-refractivity contribution is 5.95. The SMILES string of the molecule is Nc1c(C(F)(F)F)cc(C[C@@H](OC(=O)N2CCC3(CC2)CC(=O)Nc2ccccc23)C(=O)N2CCC(N3CCNCC3)CC2)cc1C(F)(F)F. The summed E-state index contributed by atoms with van der Waals surface area (Å²) >= 11 is 0. The highest BCUT2D eigenvalue weighted by atomic mass is 19.4. The summed E-state index contributed by atoms with van der Waals surface area (Å²) in [4.78, 5) is 45.2. The van der Waals surface area contributed by atoms with E-state index in [1.807, 2.05) is 24.3 Å². The van der Waals surface area contributed by atoms with Gasteiger partial charge in [0, 0.05) is 82.3 Å². The van der Waals surface area contributed by atoms with E-state index in [0.717, 1.165) is 31.7 Å². The van der Waals surface area contributed by atoms with Crippen LogP contribution in [-0.2, 0) is 38.5 Å². The van der Waals surface area contributed by atoms with Crippen LogP contribution in [0.1, 0.15) is 54.4 Å². The summed E-state index contributed by atoms with van der Waals surface area (Å²) in [5, 5.41) is 6.16. The summed E-state index contributed by atoms with van der Waals surface area (Å²) in [6.07, 6.45) is -11.5. The van der Waals surface area contributed by atoms with Crippen molar-refractivity contribution in [3.8, 4) is 0 Å². The van der Waals surface area contributed by atoms with Gasteiger partial charge in [0.1, 0.15) is 0 Å². The molecule has 6 rings (SSSR count). The molecule has 3 amide bonds. The number of piperidine rings is 2. The number of nitrogens with two attached hydrogens (primary N) is 1. The van der Waals surface area contributed by atoms with Gasteiger partial charge in [0.15, 0.2) is 6.10 Å². The van der Waals surface area contributed by atoms with E-state index in [9.17, 15) is 40.7 Å². The largest absolute Gasteiger partial charge is 0.436 e. The standard InChI is InChI=1S/C34H40F6N6O4/c35-33(36,37)24-17-21(18-25(29(24)41)34(38,39)40)19-27(30(48)45-11-5-22(6-12-45)44-15-9-42-10-16-44)50-31(49)46-13-7-32(8-14-46)20-28(47)43-26-4-2-1-3-23(26)32/h1-4,17-18,22,27,42H,5-16,19-20,41H2,(H,43,47)/t27-/m1/s1. The van der Waals surface area contributed by atoms with Crippen LogP contribution in [0.25, 0.3) is 0 Å². The van der Waals surface area contributed by atoms with Gasteiger partial charge in [-0.1, -0.05) is 18.2 Å². The van der Waals surface area contributed by atoms with Crippen LogP contribution in [0, 0.1) is 0 Å². The van der Waals surface area contributed by atoms with E-state index < -0.39 is 64.7 Å². The Morgan fingerprint density at radius 1 is 0.900 bits per heavy atom. The first-order valence-electron chi connectivity index (χ1n) is 16.8. The molecule has 0 radical (unpaired) electrons. The Hall–Kier alpha value is -4.05. The van der Waals surface area contributed by atoms with Crippen molar-refractivity contribution in [2.75, 3.05) is 63.4 Å². The van der Waals surface area contributed by atoms with Gasteiger partial charge in [-0.05, 0) is 55.0 Å². The van der Waals surface area contributed by atoms with E-state index in [-0.39, 0.29) is 31.5 Å². The molecule has 50 heavy (non-hydrogen) atoms. The zero-order valence-corrected chi connectivity index (χ0v) is 27.3. The molecule has 272 valence electrons. The highest BCUT2D eigenvalue weighted by Gasteiger charge is 2.45. The summed E-state index contributed by atoms with van der Waals surface area (Å²) in [5.41, 5.74) is 1.14. The van der Waals surface area contributed by atoms with E-state index >= 15 is 0 Å². The number of rotatable bonds is 5. The Morgan fingerprint density at radius 3 is 2.10 bits per heavy atom. The first-order valence-corrected chi connectivity index (χ1v) is 16.8. The molecule has 2 aromatic rings. The maximum absolute atomic E-state index is 13.9. The van der Waals surface area contributed by atoms with Crippen molar-refractivity contribution in [3.63, 3.8) is 0 Å². The minimum Gasteiger partial charge on any atom is -0.436 e. The minimum absolute atomic E-state index is 0.147. The van der Waals surface area contributed by atoms with Gasteiger partial charge < -0.3 is 30.9 Å². The first-order chi connectivity index (χ1) is 23.6. The Bertz CT molecular complexity index is 1560. The zero-order valence-electron chi connectivity index (χ0n) is 27.3. The van der Waals surface area contributed by atoms with Crippen LogP contribution < -0.4 is 16.4 Å². The van der Waals surface area contributed by atoms with Crippen LogP contribution in [0.3, 0.4) is 0 Å². The van der Waals surface area contributed by atoms with Gasteiger partial charge in [-0.2, -0.15) is 26.3 Å². The number of nitrogen functional groups attached to an aromatic ring is 1. The zero-order chi connectivity index (χ0) is 35.8. The number of nitrogens with one attached hydrogen (secondary N) is 2. The third kappa shape index (κ3) is 7.50. The van der Waals surface area contributed by atoms with Crippen molar-refractivity contribution in [1.82, 2.24) is 20.0 Å². The van der Waals surface area contributed by atoms with Crippen LogP contribution in [-0.4, -0.2) is 97.1 Å². The van der Waals surface area contributed by atoms with Crippen LogP contribution in [0.15, 0.2) is 36.4 Å². The molecule has 2 aromatic carbocycles. The normalized spacial score (nSPS) is 21.0. The van der Waals surface area contributed by atoms with Gasteiger partial charge in [0.05, 0.1) is 16.8 Å². The maximum Gasteiger partial charge on any atom is 0.418 e. The molecule has 1 spiro atoms. The second-order valence-electron chi connectivity index (χ2n) is 13.6. The third-order valence-electron chi connectivity index (χ3n) is 10.5. The number of carbonyl (C=O) groups excluding carboxylic acids is 3. The lowest BCUT2D eigenvalue weighted by Gasteiger charge is -2.44. The Balaban J connectivity index is 1.22. The number of anilines is 2. The second kappa shape index (κ2) is 13.9. The molecule has 0 unspecified atom stereocenters. The quantitative estimate of drug-likeness (QED) is 0.306. The first kappa shape index (κ1) is 35.8. The van der Waals surface area contributed by atoms with E-state index in [2.05, 4.69) is 15.5 Å². The van der Waals surface area contributed by atoms with E-state index in [4.69, 9.17) is 10.5 Å². The average molecular weight is 711 g/mol. The number of halogens is 6. The van der Waals surface area contributed by atoms with Gasteiger partial charge >= 0.3 is 18.4 Å². The molecule has 0 saturated carbocycles. The van der Waals surface area contributed by atoms with Crippen molar-refractivity contribution in [3.05, 3.63) is 58.7 Å². The molecule has 3 saturated heterocycles. The lowest BCUT2D eigenvalue weighted by Crippen LogP contribution is -2.54. The van der Waals surface area contributed by atoms with Gasteiger partial charge in [-0.25, -0.2) is 4.79 Å². The molecule has 0 aliphatic carbocycles. The Kier molecular flexibility index (Phi) is 9.96. The maximum atomic E-state index is 13.9. The number of piperazine rings is 1. The van der Waals surface area contributed by atoms with Gasteiger partial charge in [0.25, 0.3) is 5.91 Å². The van der Waals surface area contributed by atoms with E-state index in [0.29, 0.717) is 56.6 Å². The van der Waals surface area contributed by atoms with E-state index in [1.165, 1.54) is 9.80 Å². The number of hydrogen-bond donors (Lipinski definition) is 3. The number of likely N-dealkylation sites (tertiary alicyclic amines) is 2. The molecular weight excluding hydrogens is 670 g/mol. The number of nitrogens with zero attached hydrogens (tertiary/aromatic N) is 3. The molecule has 3 fully saturated rings. The average Bonchev–Trinajstić information content (AvgIpc) is 3.08. The third-order valence-corrected chi connectivity index (χ3v) is 10.5. The van der Waals surface area contributed by atoms with E-state index in [1.54, 1.807) is 0 Å². The Labute approximate surface area is 285 Å². The fourth-order valence-corrected chi connectivity index (χ4v) is 7.81. The molecule has 4 heterocycles. The Morgan fingerprint density at radius 2 is 1.50 bits per heavy atom. The molecular formula is C34H40F6N6O4. The van der Waals surface area contributed by atoms with Crippen LogP contribution in [0.5, 0.6) is 0 Å². The second-order valence-corrected chi connectivity index (χ2v) is 13.6. The number of para-hydroxylation sites is 1. The summed E-state index contributed by atoms with van der Waals surface area (Å²) in [5.74, 6) is -0.839. The number of benzene rings is 2. The molecule has 0 aromatic heterocycles. The monoisotopic (exact) mass is 710 g/mol. The number of fused-ring (bicyclic) bond motifs is 2. The smallest absolute Gasteiger partial charge is 0.418 e. The lowest BCUT2D eigenvalue weighted by molar-refractivity contribution is -0.142. The lowest BCUT2D eigenvalue weighted by atomic mass is 9.68. The number of hydrogen-bond acceptors (Lipinski definition) is 7. The fourth-order valence-electron chi connectivity index (χ4n) is 7.81. The van der Waals surface area contributed by atoms with Crippen molar-refractivity contribution in [2.24, 2.45) is 0 Å². The topological polar surface area (TPSA) is 120 Å². The predicted octanol–water partition coefficient (Wildman–Crippen LogP) is 4.63. The molecule has 4 aliphatic heterocycles. The molecule has 10 nitrogen and oxygen atoms in total. The summed E-state index contributed by atoms with van der Waals surface area (Å²) < 4.78 is 88.8. The molecule has 0 bridgehead atoms. The summed E-state index contributed by atoms with van der Waals surface area (Å²) in [7, 11) is 0. The van der Waals surface area contributed by atoms with Gasteiger partial charge in [-0.3, -0.25) is 14.5 Å². The fraction of sp³-hybridized carbons (Fsp3) is 0.559. The summed E-state index contributed by atoms with van der Waals surface area (Å²) in [6.45, 7) is 4.30. The minimum atomic E-state index is -5.21. The van der Waals surface area contributed by atoms with Crippen LogP contribution in [0.2, 0.25) is 0 Å². The van der Waals surface area contributed by atoms with Crippen LogP contribution in [0.4, 0.5) is 42.5 Å². The number of ether oxygens (including phenoxy) is 1. The van der Waals surface area contributed by atoms with Crippen molar-refractivity contribution < 1.29 is 45.5 Å². The van der Waals surface area contributed by atoms with Gasteiger partial charge in [-0.15, -0.1) is 0 Å². The van der Waals surface area contributed by atoms with Gasteiger partial charge in [0.2, 0.25) is 5.91 Å². The molecule has 4 N–H and O–H groups in total.